The predicted molar refractivity (Wildman–Crippen MR) is 148 cm³/mol. The molecule has 0 aliphatic carbocycles. The molecule has 182 valence electrons. The first kappa shape index (κ1) is 23.3. The Morgan fingerprint density at radius 1 is 0.784 bits per heavy atom. The maximum absolute atomic E-state index is 14.4. The molecule has 0 spiro atoms. The molecule has 0 radical (unpaired) electrons. The van der Waals surface area contributed by atoms with Crippen LogP contribution >= 0.6 is 11.8 Å². The molecule has 0 bridgehead atoms. The van der Waals surface area contributed by atoms with E-state index in [2.05, 4.69) is 4.57 Å². The molecule has 0 saturated carbocycles. The van der Waals surface area contributed by atoms with Crippen molar-refractivity contribution in [1.82, 2.24) is 9.47 Å². The second kappa shape index (κ2) is 9.37. The van der Waals surface area contributed by atoms with Gasteiger partial charge in [0.15, 0.2) is 0 Å². The van der Waals surface area contributed by atoms with Gasteiger partial charge in [-0.25, -0.2) is 4.39 Å². The van der Waals surface area contributed by atoms with Crippen LogP contribution in [0.2, 0.25) is 0 Å². The average Bonchev–Trinajstić information content (AvgIpc) is 3.33. The van der Waals surface area contributed by atoms with E-state index >= 15 is 0 Å². The topological polar surface area (TPSA) is 42.3 Å². The van der Waals surface area contributed by atoms with Crippen LogP contribution in [0.5, 0.6) is 0 Å². The van der Waals surface area contributed by atoms with Crippen LogP contribution in [0.15, 0.2) is 95.9 Å². The molecule has 6 rings (SSSR count). The molecule has 1 aliphatic rings. The number of amides is 2. The summed E-state index contributed by atoms with van der Waals surface area (Å²) in [5.74, 6) is -0.552. The number of aromatic nitrogens is 1. The van der Waals surface area contributed by atoms with Crippen LogP contribution in [0.1, 0.15) is 22.4 Å². The van der Waals surface area contributed by atoms with Crippen molar-refractivity contribution in [3.8, 4) is 0 Å². The van der Waals surface area contributed by atoms with Gasteiger partial charge in [-0.05, 0) is 53.2 Å². The van der Waals surface area contributed by atoms with Crippen molar-refractivity contribution in [3.05, 3.63) is 124 Å². The van der Waals surface area contributed by atoms with Crippen LogP contribution in [-0.2, 0) is 17.9 Å². The summed E-state index contributed by atoms with van der Waals surface area (Å²) in [5, 5.41) is 2.77. The molecular weight excluding hydrogens is 483 g/mol. The number of carbonyl (C=O) groups excluding carboxylic acids is 2. The van der Waals surface area contributed by atoms with Gasteiger partial charge in [0.1, 0.15) is 5.82 Å². The monoisotopic (exact) mass is 506 g/mol. The number of hydrogen-bond acceptors (Lipinski definition) is 3. The average molecular weight is 507 g/mol. The fraction of sp³-hybridized carbons (Fsp3) is 0.0968. The highest BCUT2D eigenvalue weighted by molar-refractivity contribution is 8.18. The maximum atomic E-state index is 14.4. The van der Waals surface area contributed by atoms with Gasteiger partial charge in [0.05, 0.1) is 18.0 Å². The lowest BCUT2D eigenvalue weighted by atomic mass is 10.0. The van der Waals surface area contributed by atoms with Gasteiger partial charge >= 0.3 is 0 Å². The van der Waals surface area contributed by atoms with E-state index < -0.39 is 0 Å². The smallest absolute Gasteiger partial charge is 0.293 e. The summed E-state index contributed by atoms with van der Waals surface area (Å²) in [6.45, 7) is 2.56. The number of thioether (sulfide) groups is 1. The Labute approximate surface area is 218 Å². The molecule has 1 aliphatic heterocycles. The number of fused-ring (bicyclic) bond motifs is 2. The number of carbonyl (C=O) groups is 2. The van der Waals surface area contributed by atoms with Gasteiger partial charge in [-0.15, -0.1) is 0 Å². The quantitative estimate of drug-likeness (QED) is 0.232. The lowest BCUT2D eigenvalue weighted by Gasteiger charge is -2.14. The highest BCUT2D eigenvalue weighted by atomic mass is 32.2. The van der Waals surface area contributed by atoms with E-state index in [1.807, 2.05) is 85.8 Å². The van der Waals surface area contributed by atoms with Crippen LogP contribution in [0, 0.1) is 12.7 Å². The zero-order valence-electron chi connectivity index (χ0n) is 20.1. The first-order valence-electron chi connectivity index (χ1n) is 12.0. The normalized spacial score (nSPS) is 15.0. The van der Waals surface area contributed by atoms with E-state index in [1.165, 1.54) is 11.0 Å². The van der Waals surface area contributed by atoms with Gasteiger partial charge in [0.25, 0.3) is 11.1 Å². The Morgan fingerprint density at radius 2 is 1.46 bits per heavy atom. The SMILES string of the molecule is Cc1c(/C=C2/SC(=O)N(Cc3cccc4ccccc34)C2=O)c2ccccc2n1Cc1ccccc1F. The lowest BCUT2D eigenvalue weighted by molar-refractivity contribution is -0.123. The van der Waals surface area contributed by atoms with Gasteiger partial charge in [-0.2, -0.15) is 0 Å². The maximum Gasteiger partial charge on any atom is 0.293 e. The molecular formula is C31H23FN2O2S. The number of hydrogen-bond donors (Lipinski definition) is 0. The summed E-state index contributed by atoms with van der Waals surface area (Å²) in [6, 6.07) is 28.5. The van der Waals surface area contributed by atoms with Gasteiger partial charge in [-0.3, -0.25) is 14.5 Å². The third-order valence-corrected chi connectivity index (χ3v) is 7.83. The summed E-state index contributed by atoms with van der Waals surface area (Å²) in [6.07, 6.45) is 1.81. The summed E-state index contributed by atoms with van der Waals surface area (Å²) >= 11 is 0.963. The van der Waals surface area contributed by atoms with Gasteiger partial charge < -0.3 is 4.57 Å². The Hall–Kier alpha value is -4.16. The van der Waals surface area contributed by atoms with Crippen LogP contribution < -0.4 is 0 Å². The van der Waals surface area contributed by atoms with Crippen LogP contribution in [0.25, 0.3) is 27.8 Å². The van der Waals surface area contributed by atoms with E-state index in [9.17, 15) is 14.0 Å². The van der Waals surface area contributed by atoms with E-state index in [0.717, 1.165) is 50.3 Å². The number of para-hydroxylation sites is 1. The Morgan fingerprint density at radius 3 is 2.30 bits per heavy atom. The second-order valence-electron chi connectivity index (χ2n) is 9.10. The van der Waals surface area contributed by atoms with Crippen molar-refractivity contribution < 1.29 is 14.0 Å². The minimum absolute atomic E-state index is 0.220. The third-order valence-electron chi connectivity index (χ3n) is 6.92. The van der Waals surface area contributed by atoms with E-state index in [0.29, 0.717) is 17.0 Å². The number of nitrogens with zero attached hydrogens (tertiary/aromatic N) is 2. The summed E-state index contributed by atoms with van der Waals surface area (Å²) in [5.41, 5.74) is 4.24. The predicted octanol–water partition coefficient (Wildman–Crippen LogP) is 7.53. The lowest BCUT2D eigenvalue weighted by Crippen LogP contribution is -2.27. The molecule has 1 aromatic heterocycles. The molecule has 0 atom stereocenters. The van der Waals surface area contributed by atoms with Crippen LogP contribution in [0.4, 0.5) is 9.18 Å². The number of halogens is 1. The molecule has 0 unspecified atom stereocenters. The molecule has 6 heteroatoms. The molecule has 1 fully saturated rings. The Kier molecular flexibility index (Phi) is 5.89. The summed E-state index contributed by atoms with van der Waals surface area (Å²) in [7, 11) is 0. The molecule has 0 N–H and O–H groups in total. The molecule has 4 aromatic carbocycles. The Bertz CT molecular complexity index is 1730. The van der Waals surface area contributed by atoms with Crippen molar-refractivity contribution in [3.63, 3.8) is 0 Å². The standard InChI is InChI=1S/C31H23FN2O2S/c1-20-26(25-14-5-7-16-28(25)33(20)19-23-10-3-6-15-27(23)32)17-29-30(35)34(31(36)37-29)18-22-12-8-11-21-9-2-4-13-24(21)22/h2-17H,18-19H2,1H3/b29-17+. The number of imide groups is 1. The van der Waals surface area contributed by atoms with Crippen molar-refractivity contribution >= 4 is 50.7 Å². The van der Waals surface area contributed by atoms with E-state index in [1.54, 1.807) is 12.1 Å². The van der Waals surface area contributed by atoms with Crippen molar-refractivity contribution in [1.29, 1.82) is 0 Å². The largest absolute Gasteiger partial charge is 0.340 e. The molecule has 2 amide bonds. The fourth-order valence-electron chi connectivity index (χ4n) is 5.01. The van der Waals surface area contributed by atoms with Gasteiger partial charge in [-0.1, -0.05) is 78.9 Å². The van der Waals surface area contributed by atoms with E-state index in [-0.39, 0.29) is 23.5 Å². The van der Waals surface area contributed by atoms with Crippen molar-refractivity contribution in [2.75, 3.05) is 0 Å². The third kappa shape index (κ3) is 4.13. The van der Waals surface area contributed by atoms with Gasteiger partial charge in [0, 0.05) is 27.7 Å². The Balaban J connectivity index is 1.37. The van der Waals surface area contributed by atoms with E-state index in [4.69, 9.17) is 0 Å². The molecule has 2 heterocycles. The minimum Gasteiger partial charge on any atom is -0.340 e. The summed E-state index contributed by atoms with van der Waals surface area (Å²) in [4.78, 5) is 28.1. The number of benzene rings is 4. The van der Waals surface area contributed by atoms with Crippen LogP contribution in [-0.4, -0.2) is 20.6 Å². The van der Waals surface area contributed by atoms with Crippen molar-refractivity contribution in [2.45, 2.75) is 20.0 Å². The van der Waals surface area contributed by atoms with Crippen LogP contribution in [0.3, 0.4) is 0 Å². The zero-order valence-corrected chi connectivity index (χ0v) is 21.0. The fourth-order valence-corrected chi connectivity index (χ4v) is 5.83. The summed E-state index contributed by atoms with van der Waals surface area (Å²) < 4.78 is 16.5. The molecule has 4 nitrogen and oxygen atoms in total. The molecule has 37 heavy (non-hydrogen) atoms. The molecule has 1 saturated heterocycles. The number of rotatable bonds is 5. The highest BCUT2D eigenvalue weighted by Gasteiger charge is 2.35. The highest BCUT2D eigenvalue weighted by Crippen LogP contribution is 2.37. The van der Waals surface area contributed by atoms with Crippen molar-refractivity contribution in [2.24, 2.45) is 0 Å². The molecule has 5 aromatic rings. The first-order valence-corrected chi connectivity index (χ1v) is 12.9. The first-order chi connectivity index (χ1) is 18.0. The zero-order chi connectivity index (χ0) is 25.5. The minimum atomic E-state index is -0.298. The second-order valence-corrected chi connectivity index (χ2v) is 10.1. The van der Waals surface area contributed by atoms with Gasteiger partial charge in [0.2, 0.25) is 0 Å².